The number of benzene rings is 1. The van der Waals surface area contributed by atoms with Crippen molar-refractivity contribution in [3.8, 4) is 5.75 Å². The average molecular weight is 349 g/mol. The number of aryl methyl sites for hydroxylation is 1. The van der Waals surface area contributed by atoms with Gasteiger partial charge in [-0.1, -0.05) is 13.0 Å². The zero-order valence-electron chi connectivity index (χ0n) is 14.3. The molecule has 2 N–H and O–H groups in total. The summed E-state index contributed by atoms with van der Waals surface area (Å²) in [7, 11) is -2.31. The molecule has 0 aliphatic rings. The zero-order valence-corrected chi connectivity index (χ0v) is 15.1. The quantitative estimate of drug-likeness (QED) is 0.801. The Kier molecular flexibility index (Phi) is 5.66. The lowest BCUT2D eigenvalue weighted by atomic mass is 10.2. The molecule has 7 heteroatoms. The van der Waals surface area contributed by atoms with E-state index in [1.165, 1.54) is 13.3 Å². The Balaban J connectivity index is 2.22. The Morgan fingerprint density at radius 3 is 2.58 bits per heavy atom. The standard InChI is InChI=1S/C17H23N3O3S/c1-5-13(3)19-17-9-7-14(11-18-17)20-24(21,22)16-10-12(2)6-8-15(16)23-4/h6-11,13,20H,5H2,1-4H3,(H,18,19). The van der Waals surface area contributed by atoms with Crippen LogP contribution in [0.15, 0.2) is 41.4 Å². The highest BCUT2D eigenvalue weighted by molar-refractivity contribution is 7.92. The Morgan fingerprint density at radius 2 is 2.00 bits per heavy atom. The minimum Gasteiger partial charge on any atom is -0.495 e. The molecular formula is C17H23N3O3S. The molecule has 0 aliphatic carbocycles. The molecule has 0 saturated heterocycles. The summed E-state index contributed by atoms with van der Waals surface area (Å²) in [6.07, 6.45) is 2.47. The largest absolute Gasteiger partial charge is 0.495 e. The summed E-state index contributed by atoms with van der Waals surface area (Å²) in [4.78, 5) is 4.34. The highest BCUT2D eigenvalue weighted by Crippen LogP contribution is 2.26. The van der Waals surface area contributed by atoms with Gasteiger partial charge >= 0.3 is 0 Å². The van der Waals surface area contributed by atoms with Crippen LogP contribution in [-0.2, 0) is 10.0 Å². The van der Waals surface area contributed by atoms with Gasteiger partial charge in [0.2, 0.25) is 0 Å². The topological polar surface area (TPSA) is 80.3 Å². The van der Waals surface area contributed by atoms with Gasteiger partial charge in [-0.05, 0) is 50.1 Å². The van der Waals surface area contributed by atoms with Gasteiger partial charge < -0.3 is 10.1 Å². The van der Waals surface area contributed by atoms with E-state index in [0.29, 0.717) is 23.3 Å². The Labute approximate surface area is 143 Å². The first kappa shape index (κ1) is 18.1. The lowest BCUT2D eigenvalue weighted by Crippen LogP contribution is -2.16. The number of pyridine rings is 1. The van der Waals surface area contributed by atoms with E-state index in [-0.39, 0.29) is 4.90 Å². The molecule has 1 aromatic heterocycles. The van der Waals surface area contributed by atoms with Crippen LogP contribution in [0.4, 0.5) is 11.5 Å². The van der Waals surface area contributed by atoms with E-state index in [9.17, 15) is 8.42 Å². The molecule has 0 fully saturated rings. The van der Waals surface area contributed by atoms with Crippen molar-refractivity contribution in [2.75, 3.05) is 17.1 Å². The zero-order chi connectivity index (χ0) is 17.7. The van der Waals surface area contributed by atoms with Crippen molar-refractivity contribution >= 4 is 21.5 Å². The molecule has 1 unspecified atom stereocenters. The van der Waals surface area contributed by atoms with Gasteiger partial charge in [0, 0.05) is 6.04 Å². The van der Waals surface area contributed by atoms with Crippen molar-refractivity contribution in [2.45, 2.75) is 38.1 Å². The van der Waals surface area contributed by atoms with Crippen molar-refractivity contribution < 1.29 is 13.2 Å². The lowest BCUT2D eigenvalue weighted by molar-refractivity contribution is 0.402. The summed E-state index contributed by atoms with van der Waals surface area (Å²) in [5, 5.41) is 3.23. The number of nitrogens with zero attached hydrogens (tertiary/aromatic N) is 1. The summed E-state index contributed by atoms with van der Waals surface area (Å²) in [5.74, 6) is 1.01. The number of anilines is 2. The van der Waals surface area contributed by atoms with Crippen LogP contribution in [0.3, 0.4) is 0 Å². The van der Waals surface area contributed by atoms with Gasteiger partial charge in [0.1, 0.15) is 16.5 Å². The molecule has 24 heavy (non-hydrogen) atoms. The highest BCUT2D eigenvalue weighted by atomic mass is 32.2. The van der Waals surface area contributed by atoms with Crippen molar-refractivity contribution in [3.05, 3.63) is 42.1 Å². The number of hydrogen-bond acceptors (Lipinski definition) is 5. The van der Waals surface area contributed by atoms with Gasteiger partial charge in [0.25, 0.3) is 10.0 Å². The molecule has 0 amide bonds. The minimum absolute atomic E-state index is 0.104. The molecule has 1 heterocycles. The van der Waals surface area contributed by atoms with Gasteiger partial charge in [0.05, 0.1) is 19.0 Å². The third-order valence-electron chi connectivity index (χ3n) is 3.63. The minimum atomic E-state index is -3.75. The first-order valence-corrected chi connectivity index (χ1v) is 9.24. The van der Waals surface area contributed by atoms with Crippen LogP contribution in [-0.4, -0.2) is 26.6 Å². The Hall–Kier alpha value is -2.28. The van der Waals surface area contributed by atoms with Crippen molar-refractivity contribution in [1.82, 2.24) is 4.98 Å². The second-order valence-electron chi connectivity index (χ2n) is 5.65. The summed E-state index contributed by atoms with van der Waals surface area (Å²) in [5.41, 5.74) is 1.23. The second-order valence-corrected chi connectivity index (χ2v) is 7.30. The first-order chi connectivity index (χ1) is 11.4. The molecule has 0 aliphatic heterocycles. The fourth-order valence-electron chi connectivity index (χ4n) is 2.10. The van der Waals surface area contributed by atoms with Gasteiger partial charge in [-0.25, -0.2) is 13.4 Å². The molecule has 0 saturated carbocycles. The summed E-state index contributed by atoms with van der Waals surface area (Å²) in [6.45, 7) is 5.97. The fraction of sp³-hybridized carbons (Fsp3) is 0.353. The van der Waals surface area contributed by atoms with E-state index in [1.54, 1.807) is 30.3 Å². The van der Waals surface area contributed by atoms with Crippen molar-refractivity contribution in [2.24, 2.45) is 0 Å². The van der Waals surface area contributed by atoms with Crippen molar-refractivity contribution in [3.63, 3.8) is 0 Å². The number of rotatable bonds is 7. The number of methoxy groups -OCH3 is 1. The third kappa shape index (κ3) is 4.38. The smallest absolute Gasteiger partial charge is 0.265 e. The molecule has 0 bridgehead atoms. The van der Waals surface area contributed by atoms with Crippen LogP contribution in [0.5, 0.6) is 5.75 Å². The maximum absolute atomic E-state index is 12.6. The fourth-order valence-corrected chi connectivity index (χ4v) is 3.40. The van der Waals surface area contributed by atoms with Crippen LogP contribution >= 0.6 is 0 Å². The summed E-state index contributed by atoms with van der Waals surface area (Å²) < 4.78 is 32.9. The maximum atomic E-state index is 12.6. The molecule has 0 radical (unpaired) electrons. The van der Waals surface area contributed by atoms with E-state index >= 15 is 0 Å². The van der Waals surface area contributed by atoms with Gasteiger partial charge in [0.15, 0.2) is 0 Å². The first-order valence-electron chi connectivity index (χ1n) is 7.75. The van der Waals surface area contributed by atoms with Gasteiger partial charge in [-0.15, -0.1) is 0 Å². The van der Waals surface area contributed by atoms with E-state index in [2.05, 4.69) is 28.9 Å². The van der Waals surface area contributed by atoms with E-state index in [1.807, 2.05) is 6.92 Å². The van der Waals surface area contributed by atoms with Crippen molar-refractivity contribution in [1.29, 1.82) is 0 Å². The second kappa shape index (κ2) is 7.53. The number of sulfonamides is 1. The molecule has 130 valence electrons. The van der Waals surface area contributed by atoms with Crippen LogP contribution < -0.4 is 14.8 Å². The Bertz CT molecular complexity index is 789. The SMILES string of the molecule is CCC(C)Nc1ccc(NS(=O)(=O)c2cc(C)ccc2OC)cn1. The monoisotopic (exact) mass is 349 g/mol. The van der Waals surface area contributed by atoms with E-state index < -0.39 is 10.0 Å². The van der Waals surface area contributed by atoms with Gasteiger partial charge in [-0.2, -0.15) is 0 Å². The number of aromatic nitrogens is 1. The molecule has 0 spiro atoms. The number of nitrogens with one attached hydrogen (secondary N) is 2. The van der Waals surface area contributed by atoms with E-state index in [0.717, 1.165) is 12.0 Å². The molecule has 2 rings (SSSR count). The van der Waals surface area contributed by atoms with Crippen LogP contribution in [0, 0.1) is 6.92 Å². The Morgan fingerprint density at radius 1 is 1.25 bits per heavy atom. The molecule has 6 nitrogen and oxygen atoms in total. The van der Waals surface area contributed by atoms with Crippen LogP contribution in [0.1, 0.15) is 25.8 Å². The molecule has 2 aromatic rings. The number of ether oxygens (including phenoxy) is 1. The molecule has 1 atom stereocenters. The highest BCUT2D eigenvalue weighted by Gasteiger charge is 2.20. The predicted octanol–water partition coefficient (Wildman–Crippen LogP) is 3.41. The summed E-state index contributed by atoms with van der Waals surface area (Å²) in [6, 6.07) is 8.75. The molecule has 1 aromatic carbocycles. The maximum Gasteiger partial charge on any atom is 0.265 e. The number of hydrogen-bond donors (Lipinski definition) is 2. The normalized spacial score (nSPS) is 12.5. The third-order valence-corrected chi connectivity index (χ3v) is 5.03. The van der Waals surface area contributed by atoms with Crippen LogP contribution in [0.25, 0.3) is 0 Å². The lowest BCUT2D eigenvalue weighted by Gasteiger charge is -2.14. The average Bonchev–Trinajstić information content (AvgIpc) is 2.56. The molecular weight excluding hydrogens is 326 g/mol. The predicted molar refractivity (Wildman–Crippen MR) is 96.2 cm³/mol. The van der Waals surface area contributed by atoms with Crippen LogP contribution in [0.2, 0.25) is 0 Å². The van der Waals surface area contributed by atoms with E-state index in [4.69, 9.17) is 4.74 Å². The summed E-state index contributed by atoms with van der Waals surface area (Å²) >= 11 is 0. The van der Waals surface area contributed by atoms with Gasteiger partial charge in [-0.3, -0.25) is 4.72 Å².